The van der Waals surface area contributed by atoms with E-state index >= 15 is 0 Å². The molecule has 0 bridgehead atoms. The molecular formula is C14H28N2O2. The highest BCUT2D eigenvalue weighted by atomic mass is 16.5. The van der Waals surface area contributed by atoms with E-state index in [-0.39, 0.29) is 12.0 Å². The van der Waals surface area contributed by atoms with E-state index < -0.39 is 0 Å². The van der Waals surface area contributed by atoms with Crippen LogP contribution in [-0.4, -0.2) is 50.2 Å². The summed E-state index contributed by atoms with van der Waals surface area (Å²) in [5, 5.41) is 3.39. The molecule has 1 heterocycles. The number of ether oxygens (including phenoxy) is 1. The molecule has 106 valence electrons. The Morgan fingerprint density at radius 3 is 2.89 bits per heavy atom. The summed E-state index contributed by atoms with van der Waals surface area (Å²) in [5.74, 6) is 0.927. The number of amides is 1. The third-order valence-electron chi connectivity index (χ3n) is 3.47. The largest absolute Gasteiger partial charge is 0.377 e. The summed E-state index contributed by atoms with van der Waals surface area (Å²) >= 11 is 0. The fraction of sp³-hybridized carbons (Fsp3) is 0.929. The van der Waals surface area contributed by atoms with Crippen LogP contribution in [0.4, 0.5) is 0 Å². The smallest absolute Gasteiger partial charge is 0.222 e. The molecule has 1 N–H and O–H groups in total. The molecule has 0 aromatic heterocycles. The minimum Gasteiger partial charge on any atom is -0.377 e. The summed E-state index contributed by atoms with van der Waals surface area (Å²) in [6.45, 7) is 7.56. The van der Waals surface area contributed by atoms with Gasteiger partial charge in [0.2, 0.25) is 5.91 Å². The SMILES string of the molecule is CC(C)OCCN(C)C(=O)CCC1CCCNC1. The van der Waals surface area contributed by atoms with Gasteiger partial charge in [-0.3, -0.25) is 4.79 Å². The summed E-state index contributed by atoms with van der Waals surface area (Å²) in [6.07, 6.45) is 4.44. The van der Waals surface area contributed by atoms with Crippen LogP contribution < -0.4 is 5.32 Å². The standard InChI is InChI=1S/C14H28N2O2/c1-12(2)18-10-9-16(3)14(17)7-6-13-5-4-8-15-11-13/h12-13,15H,4-11H2,1-3H3. The van der Waals surface area contributed by atoms with Gasteiger partial charge in [0.05, 0.1) is 12.7 Å². The first-order chi connectivity index (χ1) is 8.59. The number of likely N-dealkylation sites (N-methyl/N-ethyl adjacent to an activating group) is 1. The van der Waals surface area contributed by atoms with Crippen molar-refractivity contribution in [2.24, 2.45) is 5.92 Å². The van der Waals surface area contributed by atoms with E-state index in [1.807, 2.05) is 20.9 Å². The zero-order valence-electron chi connectivity index (χ0n) is 12.1. The van der Waals surface area contributed by atoms with Crippen LogP contribution in [-0.2, 0) is 9.53 Å². The Labute approximate surface area is 111 Å². The molecule has 0 saturated carbocycles. The van der Waals surface area contributed by atoms with Gasteiger partial charge in [0.15, 0.2) is 0 Å². The van der Waals surface area contributed by atoms with Crippen LogP contribution in [0.5, 0.6) is 0 Å². The van der Waals surface area contributed by atoms with Gasteiger partial charge >= 0.3 is 0 Å². The van der Waals surface area contributed by atoms with Gasteiger partial charge in [-0.1, -0.05) is 0 Å². The first-order valence-electron chi connectivity index (χ1n) is 7.16. The van der Waals surface area contributed by atoms with Crippen molar-refractivity contribution in [3.63, 3.8) is 0 Å². The van der Waals surface area contributed by atoms with Gasteiger partial charge in [0.25, 0.3) is 0 Å². The minimum absolute atomic E-state index is 0.238. The van der Waals surface area contributed by atoms with Crippen molar-refractivity contribution in [3.8, 4) is 0 Å². The Morgan fingerprint density at radius 1 is 1.50 bits per heavy atom. The highest BCUT2D eigenvalue weighted by Crippen LogP contribution is 2.16. The van der Waals surface area contributed by atoms with E-state index in [2.05, 4.69) is 5.32 Å². The molecule has 4 nitrogen and oxygen atoms in total. The Balaban J connectivity index is 2.10. The fourth-order valence-corrected chi connectivity index (χ4v) is 2.24. The molecule has 1 fully saturated rings. The van der Waals surface area contributed by atoms with Crippen molar-refractivity contribution in [1.29, 1.82) is 0 Å². The summed E-state index contributed by atoms with van der Waals surface area (Å²) in [6, 6.07) is 0. The fourth-order valence-electron chi connectivity index (χ4n) is 2.24. The van der Waals surface area contributed by atoms with Gasteiger partial charge < -0.3 is 15.0 Å². The molecule has 4 heteroatoms. The van der Waals surface area contributed by atoms with Crippen LogP contribution >= 0.6 is 0 Å². The molecule has 1 amide bonds. The highest BCUT2D eigenvalue weighted by molar-refractivity contribution is 5.75. The lowest BCUT2D eigenvalue weighted by atomic mass is 9.94. The summed E-state index contributed by atoms with van der Waals surface area (Å²) in [4.78, 5) is 13.7. The third kappa shape index (κ3) is 6.36. The maximum absolute atomic E-state index is 11.9. The van der Waals surface area contributed by atoms with Crippen LogP contribution in [0.3, 0.4) is 0 Å². The molecule has 1 unspecified atom stereocenters. The van der Waals surface area contributed by atoms with E-state index in [4.69, 9.17) is 4.74 Å². The number of hydrogen-bond acceptors (Lipinski definition) is 3. The van der Waals surface area contributed by atoms with Crippen molar-refractivity contribution < 1.29 is 9.53 Å². The second-order valence-corrected chi connectivity index (χ2v) is 5.49. The van der Waals surface area contributed by atoms with Gasteiger partial charge in [-0.25, -0.2) is 0 Å². The van der Waals surface area contributed by atoms with E-state index in [9.17, 15) is 4.79 Å². The predicted octanol–water partition coefficient (Wildman–Crippen LogP) is 1.65. The number of hydrogen-bond donors (Lipinski definition) is 1. The molecule has 0 radical (unpaired) electrons. The molecule has 1 rings (SSSR count). The number of piperidine rings is 1. The van der Waals surface area contributed by atoms with Crippen molar-refractivity contribution in [3.05, 3.63) is 0 Å². The lowest BCUT2D eigenvalue weighted by Crippen LogP contribution is -2.33. The summed E-state index contributed by atoms with van der Waals surface area (Å²) in [5.41, 5.74) is 0. The Hall–Kier alpha value is -0.610. The Kier molecular flexibility index (Phi) is 7.28. The average molecular weight is 256 g/mol. The maximum atomic E-state index is 11.9. The molecular weight excluding hydrogens is 228 g/mol. The Morgan fingerprint density at radius 2 is 2.28 bits per heavy atom. The van der Waals surface area contributed by atoms with Crippen LogP contribution in [0, 0.1) is 5.92 Å². The number of nitrogens with zero attached hydrogens (tertiary/aromatic N) is 1. The van der Waals surface area contributed by atoms with E-state index in [1.165, 1.54) is 12.8 Å². The van der Waals surface area contributed by atoms with Crippen LogP contribution in [0.25, 0.3) is 0 Å². The second kappa shape index (κ2) is 8.48. The lowest BCUT2D eigenvalue weighted by Gasteiger charge is -2.24. The van der Waals surface area contributed by atoms with Gasteiger partial charge in [-0.05, 0) is 52.1 Å². The maximum Gasteiger partial charge on any atom is 0.222 e. The minimum atomic E-state index is 0.238. The number of carbonyl (C=O) groups excluding carboxylic acids is 1. The average Bonchev–Trinajstić information content (AvgIpc) is 2.36. The van der Waals surface area contributed by atoms with Crippen molar-refractivity contribution in [2.75, 3.05) is 33.3 Å². The first-order valence-corrected chi connectivity index (χ1v) is 7.16. The highest BCUT2D eigenvalue weighted by Gasteiger charge is 2.16. The molecule has 0 aliphatic carbocycles. The van der Waals surface area contributed by atoms with Gasteiger partial charge in [0.1, 0.15) is 0 Å². The molecule has 0 aromatic rings. The second-order valence-electron chi connectivity index (χ2n) is 5.49. The number of rotatable bonds is 7. The zero-order chi connectivity index (χ0) is 13.4. The van der Waals surface area contributed by atoms with E-state index in [1.54, 1.807) is 4.90 Å². The van der Waals surface area contributed by atoms with Gasteiger partial charge in [-0.2, -0.15) is 0 Å². The summed E-state index contributed by atoms with van der Waals surface area (Å²) in [7, 11) is 1.87. The van der Waals surface area contributed by atoms with E-state index in [0.717, 1.165) is 19.5 Å². The molecule has 1 aliphatic heterocycles. The third-order valence-corrected chi connectivity index (χ3v) is 3.47. The zero-order valence-corrected chi connectivity index (χ0v) is 12.1. The van der Waals surface area contributed by atoms with Gasteiger partial charge in [-0.15, -0.1) is 0 Å². The summed E-state index contributed by atoms with van der Waals surface area (Å²) < 4.78 is 5.45. The molecule has 0 spiro atoms. The van der Waals surface area contributed by atoms with Crippen LogP contribution in [0.15, 0.2) is 0 Å². The molecule has 1 atom stereocenters. The van der Waals surface area contributed by atoms with Crippen molar-refractivity contribution in [2.45, 2.75) is 45.6 Å². The van der Waals surface area contributed by atoms with E-state index in [0.29, 0.717) is 25.5 Å². The number of carbonyl (C=O) groups is 1. The topological polar surface area (TPSA) is 41.6 Å². The van der Waals surface area contributed by atoms with Crippen LogP contribution in [0.2, 0.25) is 0 Å². The Bertz CT molecular complexity index is 238. The number of nitrogens with one attached hydrogen (secondary N) is 1. The molecule has 0 aromatic carbocycles. The monoisotopic (exact) mass is 256 g/mol. The van der Waals surface area contributed by atoms with Crippen molar-refractivity contribution in [1.82, 2.24) is 10.2 Å². The van der Waals surface area contributed by atoms with Gasteiger partial charge in [0, 0.05) is 20.0 Å². The lowest BCUT2D eigenvalue weighted by molar-refractivity contribution is -0.131. The van der Waals surface area contributed by atoms with Crippen LogP contribution in [0.1, 0.15) is 39.5 Å². The molecule has 1 aliphatic rings. The first kappa shape index (κ1) is 15.4. The quantitative estimate of drug-likeness (QED) is 0.753. The predicted molar refractivity (Wildman–Crippen MR) is 73.6 cm³/mol. The van der Waals surface area contributed by atoms with Crippen molar-refractivity contribution >= 4 is 5.91 Å². The normalized spacial score (nSPS) is 20.1. The molecule has 18 heavy (non-hydrogen) atoms. The molecule has 1 saturated heterocycles.